The third-order valence-corrected chi connectivity index (χ3v) is 5.01. The fourth-order valence-corrected chi connectivity index (χ4v) is 3.82. The highest BCUT2D eigenvalue weighted by Gasteiger charge is 2.22. The molecule has 0 radical (unpaired) electrons. The summed E-state index contributed by atoms with van der Waals surface area (Å²) in [5.41, 5.74) is 1.02. The van der Waals surface area contributed by atoms with E-state index in [2.05, 4.69) is 57.5 Å². The van der Waals surface area contributed by atoms with Crippen molar-refractivity contribution in [1.29, 1.82) is 0 Å². The van der Waals surface area contributed by atoms with Crippen LogP contribution in [0.4, 0.5) is 0 Å². The van der Waals surface area contributed by atoms with Gasteiger partial charge in [0, 0.05) is 11.4 Å². The second-order valence-electron chi connectivity index (χ2n) is 4.77. The molecular weight excluding hydrogens is 360 g/mol. The van der Waals surface area contributed by atoms with Gasteiger partial charge in [-0.15, -0.1) is 11.3 Å². The van der Waals surface area contributed by atoms with Crippen LogP contribution in [0.15, 0.2) is 22.1 Å². The highest BCUT2D eigenvalue weighted by Crippen LogP contribution is 2.34. The first-order chi connectivity index (χ1) is 9.52. The van der Waals surface area contributed by atoms with Gasteiger partial charge in [-0.1, -0.05) is 11.6 Å². The number of hydrogen-bond acceptors (Lipinski definition) is 4. The number of halogens is 2. The Morgan fingerprint density at radius 3 is 2.80 bits per heavy atom. The lowest BCUT2D eigenvalue weighted by molar-refractivity contribution is 0.366. The number of thiophene rings is 1. The molecule has 2 aromatic rings. The van der Waals surface area contributed by atoms with E-state index in [0.29, 0.717) is 5.02 Å². The Morgan fingerprint density at radius 1 is 1.50 bits per heavy atom. The molecule has 0 saturated heterocycles. The SMILES string of the molecule is CNC(c1ccc(Br)s1)c1c(Cl)cnn1CCN(C)C. The molecule has 0 aliphatic carbocycles. The highest BCUT2D eigenvalue weighted by atomic mass is 79.9. The quantitative estimate of drug-likeness (QED) is 0.839. The molecule has 0 amide bonds. The van der Waals surface area contributed by atoms with E-state index in [1.54, 1.807) is 17.5 Å². The molecule has 2 aromatic heterocycles. The van der Waals surface area contributed by atoms with Gasteiger partial charge in [0.25, 0.3) is 0 Å². The van der Waals surface area contributed by atoms with Gasteiger partial charge in [0.2, 0.25) is 0 Å². The number of nitrogens with one attached hydrogen (secondary N) is 1. The topological polar surface area (TPSA) is 33.1 Å². The Hall–Kier alpha value is -0.400. The van der Waals surface area contributed by atoms with E-state index >= 15 is 0 Å². The van der Waals surface area contributed by atoms with Crippen molar-refractivity contribution in [3.8, 4) is 0 Å². The largest absolute Gasteiger partial charge is 0.308 e. The number of hydrogen-bond donors (Lipinski definition) is 1. The maximum absolute atomic E-state index is 6.35. The standard InChI is InChI=1S/C13H18BrClN4S/c1-16-12(10-4-5-11(14)20-10)13-9(15)8-17-19(13)7-6-18(2)3/h4-5,8,12,16H,6-7H2,1-3H3. The Labute approximate surface area is 136 Å². The van der Waals surface area contributed by atoms with Crippen molar-refractivity contribution in [1.82, 2.24) is 20.0 Å². The van der Waals surface area contributed by atoms with Crippen LogP contribution in [0.1, 0.15) is 16.6 Å². The Kier molecular flexibility index (Phi) is 5.63. The molecule has 0 spiro atoms. The summed E-state index contributed by atoms with van der Waals surface area (Å²) in [6, 6.07) is 4.22. The number of nitrogens with zero attached hydrogens (tertiary/aromatic N) is 3. The third-order valence-electron chi connectivity index (χ3n) is 3.03. The monoisotopic (exact) mass is 376 g/mol. The first-order valence-corrected chi connectivity index (χ1v) is 8.30. The zero-order chi connectivity index (χ0) is 14.7. The van der Waals surface area contributed by atoms with Crippen LogP contribution in [-0.2, 0) is 6.54 Å². The van der Waals surface area contributed by atoms with Crippen LogP contribution in [0.3, 0.4) is 0 Å². The van der Waals surface area contributed by atoms with Crippen LogP contribution >= 0.6 is 38.9 Å². The molecule has 1 N–H and O–H groups in total. The van der Waals surface area contributed by atoms with Crippen molar-refractivity contribution in [3.63, 3.8) is 0 Å². The summed E-state index contributed by atoms with van der Waals surface area (Å²) >= 11 is 11.6. The van der Waals surface area contributed by atoms with Crippen LogP contribution in [0.5, 0.6) is 0 Å². The Bertz CT molecular complexity index is 566. The van der Waals surface area contributed by atoms with E-state index in [4.69, 9.17) is 11.6 Å². The Morgan fingerprint density at radius 2 is 2.25 bits per heavy atom. The zero-order valence-electron chi connectivity index (χ0n) is 11.7. The molecule has 1 atom stereocenters. The fourth-order valence-electron chi connectivity index (χ4n) is 2.03. The summed E-state index contributed by atoms with van der Waals surface area (Å²) in [5.74, 6) is 0. The van der Waals surface area contributed by atoms with E-state index < -0.39 is 0 Å². The second kappa shape index (κ2) is 7.04. The minimum absolute atomic E-state index is 0.0588. The molecule has 1 unspecified atom stereocenters. The molecule has 2 rings (SSSR count). The minimum Gasteiger partial charge on any atom is -0.308 e. The summed E-state index contributed by atoms with van der Waals surface area (Å²) in [5, 5.41) is 8.43. The van der Waals surface area contributed by atoms with Crippen molar-refractivity contribution in [2.75, 3.05) is 27.7 Å². The van der Waals surface area contributed by atoms with Gasteiger partial charge < -0.3 is 10.2 Å². The molecule has 20 heavy (non-hydrogen) atoms. The van der Waals surface area contributed by atoms with E-state index in [9.17, 15) is 0 Å². The van der Waals surface area contributed by atoms with Crippen LogP contribution < -0.4 is 5.32 Å². The number of likely N-dealkylation sites (N-methyl/N-ethyl adjacent to an activating group) is 1. The molecule has 0 saturated carbocycles. The molecular formula is C13H18BrClN4S. The second-order valence-corrected chi connectivity index (χ2v) is 7.67. The summed E-state index contributed by atoms with van der Waals surface area (Å²) in [7, 11) is 6.05. The molecule has 0 aliphatic heterocycles. The maximum atomic E-state index is 6.35. The third kappa shape index (κ3) is 3.62. The Balaban J connectivity index is 2.31. The van der Waals surface area contributed by atoms with Gasteiger partial charge in [-0.3, -0.25) is 4.68 Å². The lowest BCUT2D eigenvalue weighted by Crippen LogP contribution is -2.25. The minimum atomic E-state index is 0.0588. The predicted octanol–water partition coefficient (Wildman–Crippen LogP) is 3.23. The van der Waals surface area contributed by atoms with Gasteiger partial charge in [-0.2, -0.15) is 5.10 Å². The van der Waals surface area contributed by atoms with E-state index in [0.717, 1.165) is 22.6 Å². The van der Waals surface area contributed by atoms with Gasteiger partial charge in [0.1, 0.15) is 0 Å². The van der Waals surface area contributed by atoms with Gasteiger partial charge in [-0.05, 0) is 49.2 Å². The molecule has 0 fully saturated rings. The van der Waals surface area contributed by atoms with Crippen molar-refractivity contribution < 1.29 is 0 Å². The van der Waals surface area contributed by atoms with Crippen LogP contribution in [0, 0.1) is 0 Å². The number of rotatable bonds is 6. The smallest absolute Gasteiger partial charge is 0.0855 e. The molecule has 4 nitrogen and oxygen atoms in total. The van der Waals surface area contributed by atoms with Gasteiger partial charge in [-0.25, -0.2) is 0 Å². The maximum Gasteiger partial charge on any atom is 0.0855 e. The molecule has 7 heteroatoms. The predicted molar refractivity (Wildman–Crippen MR) is 88.7 cm³/mol. The van der Waals surface area contributed by atoms with Crippen LogP contribution in [0.2, 0.25) is 5.02 Å². The molecule has 2 heterocycles. The molecule has 0 aromatic carbocycles. The molecule has 0 bridgehead atoms. The lowest BCUT2D eigenvalue weighted by atomic mass is 10.1. The lowest BCUT2D eigenvalue weighted by Gasteiger charge is -2.18. The van der Waals surface area contributed by atoms with Crippen LogP contribution in [-0.4, -0.2) is 42.4 Å². The first-order valence-electron chi connectivity index (χ1n) is 6.31. The highest BCUT2D eigenvalue weighted by molar-refractivity contribution is 9.11. The average Bonchev–Trinajstić information content (AvgIpc) is 2.97. The fraction of sp³-hybridized carbons (Fsp3) is 0.462. The molecule has 0 aliphatic rings. The van der Waals surface area contributed by atoms with E-state index in [1.807, 2.05) is 11.7 Å². The summed E-state index contributed by atoms with van der Waals surface area (Å²) in [4.78, 5) is 3.35. The average molecular weight is 378 g/mol. The van der Waals surface area contributed by atoms with Crippen molar-refractivity contribution in [2.24, 2.45) is 0 Å². The molecule has 110 valence electrons. The zero-order valence-corrected chi connectivity index (χ0v) is 14.9. The van der Waals surface area contributed by atoms with E-state index in [1.165, 1.54) is 4.88 Å². The summed E-state index contributed by atoms with van der Waals surface area (Å²) in [6.45, 7) is 1.75. The summed E-state index contributed by atoms with van der Waals surface area (Å²) in [6.07, 6.45) is 1.72. The summed E-state index contributed by atoms with van der Waals surface area (Å²) < 4.78 is 3.10. The van der Waals surface area contributed by atoms with Gasteiger partial charge in [0.05, 0.1) is 33.3 Å². The van der Waals surface area contributed by atoms with Crippen LogP contribution in [0.25, 0.3) is 0 Å². The van der Waals surface area contributed by atoms with Crippen molar-refractivity contribution in [2.45, 2.75) is 12.6 Å². The van der Waals surface area contributed by atoms with Gasteiger partial charge in [0.15, 0.2) is 0 Å². The number of aromatic nitrogens is 2. The van der Waals surface area contributed by atoms with Crippen molar-refractivity contribution in [3.05, 3.63) is 37.7 Å². The first kappa shape index (κ1) is 16.0. The van der Waals surface area contributed by atoms with Gasteiger partial charge >= 0.3 is 0 Å². The normalized spacial score (nSPS) is 13.1. The van der Waals surface area contributed by atoms with Crippen molar-refractivity contribution >= 4 is 38.9 Å². The van der Waals surface area contributed by atoms with E-state index in [-0.39, 0.29) is 6.04 Å².